The van der Waals surface area contributed by atoms with Gasteiger partial charge < -0.3 is 25.2 Å². The molecule has 292 valence electrons. The predicted octanol–water partition coefficient (Wildman–Crippen LogP) is 9.23. The molecule has 14 heteroatoms. The van der Waals surface area contributed by atoms with E-state index in [0.717, 1.165) is 23.1 Å². The summed E-state index contributed by atoms with van der Waals surface area (Å²) in [6.45, 7) is 5.80. The second-order valence-electron chi connectivity index (χ2n) is 14.6. The first kappa shape index (κ1) is 39.4. The van der Waals surface area contributed by atoms with Gasteiger partial charge in [0.25, 0.3) is 5.91 Å². The summed E-state index contributed by atoms with van der Waals surface area (Å²) in [6, 6.07) is 29.5. The lowest BCUT2D eigenvalue weighted by Crippen LogP contribution is -2.36. The fraction of sp³-hybridized carbons (Fsp3) is 0.286. The average molecular weight is 770 g/mol. The van der Waals surface area contributed by atoms with E-state index in [1.54, 1.807) is 81.4 Å². The Morgan fingerprint density at radius 3 is 2.23 bits per heavy atom. The number of benzene rings is 4. The molecule has 1 heterocycles. The number of amides is 3. The molecule has 0 saturated heterocycles. The third-order valence-electron chi connectivity index (χ3n) is 8.84. The second kappa shape index (κ2) is 16.6. The first-order valence-corrected chi connectivity index (χ1v) is 18.0. The van der Waals surface area contributed by atoms with E-state index >= 15 is 0 Å². The number of nitrogens with one attached hydrogen (secondary N) is 2. The van der Waals surface area contributed by atoms with Crippen molar-refractivity contribution >= 4 is 23.8 Å². The molecule has 5 aromatic rings. The molecule has 3 amide bonds. The summed E-state index contributed by atoms with van der Waals surface area (Å²) in [5, 5.41) is 19.4. The highest BCUT2D eigenvalue weighted by Gasteiger charge is 2.37. The molecule has 11 nitrogen and oxygen atoms in total. The summed E-state index contributed by atoms with van der Waals surface area (Å²) < 4.78 is 54.0. The summed E-state index contributed by atoms with van der Waals surface area (Å²) in [7, 11) is 0. The molecule has 3 N–H and O–H groups in total. The van der Waals surface area contributed by atoms with Crippen LogP contribution in [0.25, 0.3) is 5.69 Å². The van der Waals surface area contributed by atoms with E-state index in [2.05, 4.69) is 15.7 Å². The van der Waals surface area contributed by atoms with Crippen molar-refractivity contribution in [2.24, 2.45) is 5.92 Å². The molecule has 1 aromatic heterocycles. The molecular weight excluding hydrogens is 727 g/mol. The van der Waals surface area contributed by atoms with Crippen LogP contribution in [0.3, 0.4) is 0 Å². The Morgan fingerprint density at radius 2 is 1.57 bits per heavy atom. The average Bonchev–Trinajstić information content (AvgIpc) is 3.85. The molecule has 1 fully saturated rings. The fourth-order valence-corrected chi connectivity index (χ4v) is 6.06. The van der Waals surface area contributed by atoms with Gasteiger partial charge in [0.15, 0.2) is 5.69 Å². The van der Waals surface area contributed by atoms with Crippen molar-refractivity contribution in [3.8, 4) is 11.4 Å². The summed E-state index contributed by atoms with van der Waals surface area (Å²) in [5.74, 6) is -0.0623. The van der Waals surface area contributed by atoms with Crippen LogP contribution in [0.2, 0.25) is 0 Å². The van der Waals surface area contributed by atoms with Crippen LogP contribution in [-0.4, -0.2) is 50.0 Å². The predicted molar refractivity (Wildman–Crippen MR) is 203 cm³/mol. The number of ether oxygens (including phenoxy) is 2. The lowest BCUT2D eigenvalue weighted by molar-refractivity contribution is -0.141. The maximum absolute atomic E-state index is 14.0. The molecule has 0 aliphatic heterocycles. The monoisotopic (exact) mass is 769 g/mol. The van der Waals surface area contributed by atoms with Gasteiger partial charge in [0.05, 0.1) is 11.7 Å². The summed E-state index contributed by atoms with van der Waals surface area (Å²) in [4.78, 5) is 40.1. The highest BCUT2D eigenvalue weighted by Crippen LogP contribution is 2.37. The number of alkyl carbamates (subject to hydrolysis) is 1. The lowest BCUT2D eigenvalue weighted by atomic mass is 9.96. The molecule has 6 rings (SSSR count). The van der Waals surface area contributed by atoms with Crippen LogP contribution < -0.4 is 15.4 Å². The van der Waals surface area contributed by atoms with Gasteiger partial charge in [0, 0.05) is 24.8 Å². The molecule has 1 aliphatic carbocycles. The van der Waals surface area contributed by atoms with Gasteiger partial charge in [0.1, 0.15) is 23.7 Å². The van der Waals surface area contributed by atoms with Crippen LogP contribution in [0.15, 0.2) is 109 Å². The van der Waals surface area contributed by atoms with E-state index in [4.69, 9.17) is 9.47 Å². The van der Waals surface area contributed by atoms with Gasteiger partial charge in [-0.05, 0) is 98.2 Å². The van der Waals surface area contributed by atoms with Crippen molar-refractivity contribution < 1.29 is 42.1 Å². The standard InChI is InChI=1S/C42H42F3N5O6/c1-41(2,3)56-39(52)46-24-29-11-7-14-33(21-29)50-35(23-36(48-50)42(43,44)45)38(51)47-32-13-8-12-31(22-32)37(49(40(53)54)25-27-15-16-27)30-17-19-34(20-18-30)55-26-28-9-5-4-6-10-28/h4-14,17-23,27,37H,15-16,24-26H2,1-3H3,(H,46,52)(H,47,51)(H,53,54). The largest absolute Gasteiger partial charge is 0.489 e. The Morgan fingerprint density at radius 1 is 0.875 bits per heavy atom. The van der Waals surface area contributed by atoms with E-state index in [1.807, 2.05) is 30.3 Å². The molecule has 1 atom stereocenters. The molecule has 0 spiro atoms. The van der Waals surface area contributed by atoms with E-state index in [0.29, 0.717) is 41.7 Å². The minimum absolute atomic E-state index is 0.00316. The minimum Gasteiger partial charge on any atom is -0.489 e. The Kier molecular flexibility index (Phi) is 11.7. The van der Waals surface area contributed by atoms with Crippen molar-refractivity contribution in [2.75, 3.05) is 11.9 Å². The molecule has 0 bridgehead atoms. The number of nitrogens with zero attached hydrogens (tertiary/aromatic N) is 3. The Balaban J connectivity index is 1.26. The number of carboxylic acid groups (broad SMARTS) is 1. The van der Waals surface area contributed by atoms with Crippen molar-refractivity contribution in [1.82, 2.24) is 20.0 Å². The number of carbonyl (C=O) groups excluding carboxylic acids is 2. The van der Waals surface area contributed by atoms with Gasteiger partial charge in [-0.1, -0.05) is 66.7 Å². The number of hydrogen-bond donors (Lipinski definition) is 3. The fourth-order valence-electron chi connectivity index (χ4n) is 6.06. The maximum atomic E-state index is 14.0. The van der Waals surface area contributed by atoms with E-state index < -0.39 is 47.3 Å². The zero-order chi connectivity index (χ0) is 40.0. The van der Waals surface area contributed by atoms with Crippen molar-refractivity contribution in [2.45, 2.75) is 64.6 Å². The van der Waals surface area contributed by atoms with E-state index in [9.17, 15) is 32.7 Å². The third kappa shape index (κ3) is 10.5. The minimum atomic E-state index is -4.85. The molecular formula is C42H42F3N5O6. The Bertz CT molecular complexity index is 2160. The summed E-state index contributed by atoms with van der Waals surface area (Å²) in [6.07, 6.45) is -4.82. The van der Waals surface area contributed by atoms with Crippen LogP contribution in [-0.2, 0) is 24.1 Å². The number of aromatic nitrogens is 2. The molecule has 0 radical (unpaired) electrons. The van der Waals surface area contributed by atoms with Crippen LogP contribution >= 0.6 is 0 Å². The van der Waals surface area contributed by atoms with Crippen LogP contribution in [0.1, 0.15) is 78.1 Å². The summed E-state index contributed by atoms with van der Waals surface area (Å²) in [5.41, 5.74) is 0.695. The van der Waals surface area contributed by atoms with Gasteiger partial charge in [-0.15, -0.1) is 0 Å². The zero-order valence-corrected chi connectivity index (χ0v) is 31.0. The highest BCUT2D eigenvalue weighted by atomic mass is 19.4. The van der Waals surface area contributed by atoms with Gasteiger partial charge in [-0.2, -0.15) is 18.3 Å². The molecule has 56 heavy (non-hydrogen) atoms. The molecule has 1 aliphatic rings. The van der Waals surface area contributed by atoms with Crippen LogP contribution in [0.4, 0.5) is 28.4 Å². The number of alkyl halides is 3. The van der Waals surface area contributed by atoms with Gasteiger partial charge >= 0.3 is 18.4 Å². The van der Waals surface area contributed by atoms with Gasteiger partial charge in [0.2, 0.25) is 0 Å². The number of hydrogen-bond acceptors (Lipinski definition) is 6. The second-order valence-corrected chi connectivity index (χ2v) is 14.6. The third-order valence-corrected chi connectivity index (χ3v) is 8.84. The number of carbonyl (C=O) groups is 3. The number of rotatable bonds is 13. The first-order chi connectivity index (χ1) is 26.6. The first-order valence-electron chi connectivity index (χ1n) is 18.0. The highest BCUT2D eigenvalue weighted by molar-refractivity contribution is 6.03. The van der Waals surface area contributed by atoms with Crippen molar-refractivity contribution in [3.05, 3.63) is 143 Å². The zero-order valence-electron chi connectivity index (χ0n) is 31.0. The SMILES string of the molecule is CC(C)(C)OC(=O)NCc1cccc(-n2nc(C(F)(F)F)cc2C(=O)Nc2cccc(C(c3ccc(OCc4ccccc4)cc3)N(CC3CC3)C(=O)O)c2)c1. The quantitative estimate of drug-likeness (QED) is 0.109. The van der Waals surface area contributed by atoms with Crippen LogP contribution in [0.5, 0.6) is 5.75 Å². The lowest BCUT2D eigenvalue weighted by Gasteiger charge is -2.31. The number of anilines is 1. The van der Waals surface area contributed by atoms with Crippen LogP contribution in [0, 0.1) is 5.92 Å². The molecule has 4 aromatic carbocycles. The van der Waals surface area contributed by atoms with Crippen molar-refractivity contribution in [3.63, 3.8) is 0 Å². The van der Waals surface area contributed by atoms with Crippen molar-refractivity contribution in [1.29, 1.82) is 0 Å². The van der Waals surface area contributed by atoms with E-state index in [1.165, 1.54) is 17.0 Å². The Labute approximate surface area is 322 Å². The number of halogens is 3. The van der Waals surface area contributed by atoms with Gasteiger partial charge in [-0.25, -0.2) is 14.3 Å². The van der Waals surface area contributed by atoms with Gasteiger partial charge in [-0.3, -0.25) is 9.69 Å². The Hall–Kier alpha value is -6.31. The topological polar surface area (TPSA) is 135 Å². The molecule has 1 unspecified atom stereocenters. The summed E-state index contributed by atoms with van der Waals surface area (Å²) >= 11 is 0. The normalized spacial score (nSPS) is 13.4. The smallest absolute Gasteiger partial charge is 0.435 e. The molecule has 1 saturated carbocycles. The van der Waals surface area contributed by atoms with E-state index in [-0.39, 0.29) is 23.8 Å². The maximum Gasteiger partial charge on any atom is 0.435 e.